The van der Waals surface area contributed by atoms with Crippen LogP contribution in [0.4, 0.5) is 17.1 Å². The number of hydrogen-bond acceptors (Lipinski definition) is 5. The van der Waals surface area contributed by atoms with E-state index < -0.39 is 5.91 Å². The van der Waals surface area contributed by atoms with Crippen LogP contribution in [0.5, 0.6) is 5.75 Å². The molecule has 2 N–H and O–H groups in total. The van der Waals surface area contributed by atoms with E-state index in [9.17, 15) is 14.4 Å². The molecule has 0 radical (unpaired) electrons. The zero-order valence-corrected chi connectivity index (χ0v) is 18.1. The van der Waals surface area contributed by atoms with Gasteiger partial charge >= 0.3 is 11.8 Å². The number of carbonyl (C=O) groups is 3. The first-order chi connectivity index (χ1) is 16.0. The average molecular weight is 447 g/mol. The highest BCUT2D eigenvalue weighted by Crippen LogP contribution is 2.36. The molecular formula is C24H23N4O5+. The summed E-state index contributed by atoms with van der Waals surface area (Å²) >= 11 is 0. The summed E-state index contributed by atoms with van der Waals surface area (Å²) in [6.45, 7) is 1.50. The van der Waals surface area contributed by atoms with Gasteiger partial charge in [-0.3, -0.25) is 14.4 Å². The number of carbonyl (C=O) groups excluding carboxylic acids is 3. The Morgan fingerprint density at radius 3 is 2.27 bits per heavy atom. The van der Waals surface area contributed by atoms with Crippen LogP contribution in [0.3, 0.4) is 0 Å². The van der Waals surface area contributed by atoms with E-state index in [-0.39, 0.29) is 18.4 Å². The first-order valence-electron chi connectivity index (χ1n) is 10.6. The predicted octanol–water partition coefficient (Wildman–Crippen LogP) is 1.33. The van der Waals surface area contributed by atoms with E-state index in [2.05, 4.69) is 0 Å². The van der Waals surface area contributed by atoms with Crippen molar-refractivity contribution in [2.24, 2.45) is 5.73 Å². The smallest absolute Gasteiger partial charge is 0.324 e. The number of nitrogens with two attached hydrogens (primary N) is 1. The zero-order chi connectivity index (χ0) is 23.1. The summed E-state index contributed by atoms with van der Waals surface area (Å²) < 4.78 is 12.0. The van der Waals surface area contributed by atoms with Crippen molar-refractivity contribution in [2.75, 3.05) is 43.2 Å². The number of nitrogens with zero attached hydrogens (tertiary/aromatic N) is 3. The molecule has 2 aromatic rings. The molecule has 0 aromatic heterocycles. The summed E-state index contributed by atoms with van der Waals surface area (Å²) in [6, 6.07) is 14.4. The van der Waals surface area contributed by atoms with E-state index >= 15 is 0 Å². The van der Waals surface area contributed by atoms with Gasteiger partial charge in [0.05, 0.1) is 13.7 Å². The van der Waals surface area contributed by atoms with Gasteiger partial charge in [-0.25, -0.2) is 0 Å². The van der Waals surface area contributed by atoms with E-state index in [0.29, 0.717) is 54.5 Å². The lowest BCUT2D eigenvalue weighted by molar-refractivity contribution is -0.392. The Kier molecular flexibility index (Phi) is 5.18. The van der Waals surface area contributed by atoms with E-state index in [1.54, 1.807) is 45.8 Å². The normalized spacial score (nSPS) is 18.3. The molecule has 0 spiro atoms. The summed E-state index contributed by atoms with van der Waals surface area (Å²) in [6.07, 6.45) is 0.524. The maximum atomic E-state index is 13.5. The van der Waals surface area contributed by atoms with Crippen LogP contribution < -0.4 is 20.3 Å². The largest absolute Gasteiger partial charge is 0.497 e. The minimum absolute atomic E-state index is 0.0726. The lowest BCUT2D eigenvalue weighted by Crippen LogP contribution is -2.52. The topological polar surface area (TPSA) is 105 Å². The van der Waals surface area contributed by atoms with Crippen molar-refractivity contribution in [2.45, 2.75) is 6.42 Å². The first kappa shape index (κ1) is 20.9. The third-order valence-electron chi connectivity index (χ3n) is 6.07. The van der Waals surface area contributed by atoms with Crippen molar-refractivity contribution in [1.82, 2.24) is 0 Å². The van der Waals surface area contributed by atoms with E-state index in [1.165, 1.54) is 0 Å². The van der Waals surface area contributed by atoms with Crippen molar-refractivity contribution in [3.05, 3.63) is 59.8 Å². The molecule has 0 aliphatic carbocycles. The van der Waals surface area contributed by atoms with Gasteiger partial charge in [0.15, 0.2) is 0 Å². The minimum Gasteiger partial charge on any atom is -0.497 e. The van der Waals surface area contributed by atoms with Crippen molar-refractivity contribution < 1.29 is 28.4 Å². The lowest BCUT2D eigenvalue weighted by atomic mass is 9.90. The lowest BCUT2D eigenvalue weighted by Gasteiger charge is -2.32. The van der Waals surface area contributed by atoms with Crippen LogP contribution in [0.1, 0.15) is 6.42 Å². The maximum Gasteiger partial charge on any atom is 0.324 e. The van der Waals surface area contributed by atoms with Gasteiger partial charge in [-0.2, -0.15) is 0 Å². The van der Waals surface area contributed by atoms with Crippen LogP contribution in [0.15, 0.2) is 59.8 Å². The second-order valence-electron chi connectivity index (χ2n) is 7.89. The van der Waals surface area contributed by atoms with Crippen molar-refractivity contribution in [1.29, 1.82) is 0 Å². The number of ether oxygens (including phenoxy) is 2. The number of amides is 3. The molecule has 3 aliphatic rings. The molecule has 0 atom stereocenters. The molecule has 3 amide bonds. The molecule has 2 aromatic carbocycles. The van der Waals surface area contributed by atoms with Crippen molar-refractivity contribution >= 4 is 40.5 Å². The fourth-order valence-electron chi connectivity index (χ4n) is 4.45. The second-order valence-corrected chi connectivity index (χ2v) is 7.89. The van der Waals surface area contributed by atoms with Gasteiger partial charge in [0.2, 0.25) is 5.69 Å². The Morgan fingerprint density at radius 2 is 1.67 bits per heavy atom. The molecule has 0 bridgehead atoms. The third-order valence-corrected chi connectivity index (χ3v) is 6.07. The Labute approximate surface area is 190 Å². The van der Waals surface area contributed by atoms with Crippen LogP contribution in [0.25, 0.3) is 0 Å². The Hall–Kier alpha value is -3.98. The quantitative estimate of drug-likeness (QED) is 0.697. The standard InChI is InChI=1S/C24H22N4O5/c1-32-18-8-6-17(7-9-18)28-21(23(25)30)19-10-11-27(24(31)22(19)28)16-4-2-15(3-5-16)26-12-13-33-14-20(26)29/h2-9H,10-14H2,1H3,(H-,25,30)/p+1. The number of rotatable bonds is 5. The molecule has 0 unspecified atom stereocenters. The number of benzene rings is 2. The maximum absolute atomic E-state index is 13.5. The third kappa shape index (κ3) is 3.46. The number of fused-ring (bicyclic) bond motifs is 1. The molecule has 0 saturated carbocycles. The van der Waals surface area contributed by atoms with Gasteiger partial charge in [-0.05, 0) is 36.4 Å². The van der Waals surface area contributed by atoms with Crippen LogP contribution in [-0.2, 0) is 19.1 Å². The SMILES string of the molecule is COc1ccc([N+]2=C3C(=O)N(c4ccc(N5CCOCC5=O)cc4)CCC3=C2C(N)=O)cc1. The fraction of sp³-hybridized carbons (Fsp3) is 0.250. The monoisotopic (exact) mass is 447 g/mol. The Bertz CT molecular complexity index is 1210. The van der Waals surface area contributed by atoms with E-state index in [1.807, 2.05) is 24.3 Å². The highest BCUT2D eigenvalue weighted by molar-refractivity contribution is 6.50. The van der Waals surface area contributed by atoms with Crippen molar-refractivity contribution in [3.8, 4) is 5.75 Å². The van der Waals surface area contributed by atoms with Crippen LogP contribution in [0, 0.1) is 0 Å². The highest BCUT2D eigenvalue weighted by Gasteiger charge is 2.51. The summed E-state index contributed by atoms with van der Waals surface area (Å²) in [5, 5.41) is 0. The summed E-state index contributed by atoms with van der Waals surface area (Å²) in [5.41, 5.74) is 9.28. The number of methoxy groups -OCH3 is 1. The molecule has 2 fully saturated rings. The Morgan fingerprint density at radius 1 is 1.00 bits per heavy atom. The fourth-order valence-corrected chi connectivity index (χ4v) is 4.45. The molecule has 3 aliphatic heterocycles. The van der Waals surface area contributed by atoms with Crippen LogP contribution >= 0.6 is 0 Å². The number of anilines is 2. The summed E-state index contributed by atoms with van der Waals surface area (Å²) in [4.78, 5) is 41.0. The molecule has 9 nitrogen and oxygen atoms in total. The average Bonchev–Trinajstić information content (AvgIpc) is 2.81. The minimum atomic E-state index is -0.564. The van der Waals surface area contributed by atoms with Gasteiger partial charge in [0, 0.05) is 43.0 Å². The summed E-state index contributed by atoms with van der Waals surface area (Å²) in [5.74, 6) is -0.181. The van der Waals surface area contributed by atoms with Gasteiger partial charge in [-0.1, -0.05) is 0 Å². The van der Waals surface area contributed by atoms with Gasteiger partial charge in [0.1, 0.15) is 17.9 Å². The molecular weight excluding hydrogens is 424 g/mol. The second kappa shape index (κ2) is 8.18. The van der Waals surface area contributed by atoms with Crippen LogP contribution in [-0.4, -0.2) is 61.4 Å². The van der Waals surface area contributed by atoms with Gasteiger partial charge < -0.3 is 25.0 Å². The number of piperidine rings is 1. The predicted molar refractivity (Wildman–Crippen MR) is 121 cm³/mol. The molecule has 2 saturated heterocycles. The molecule has 168 valence electrons. The van der Waals surface area contributed by atoms with Crippen molar-refractivity contribution in [3.63, 3.8) is 0 Å². The molecule has 9 heteroatoms. The van der Waals surface area contributed by atoms with E-state index in [0.717, 1.165) is 11.4 Å². The molecule has 5 rings (SSSR count). The number of morpholine rings is 1. The first-order valence-corrected chi connectivity index (χ1v) is 10.6. The number of hydrogen-bond donors (Lipinski definition) is 1. The number of primary amides is 1. The Balaban J connectivity index is 1.45. The molecule has 3 heterocycles. The zero-order valence-electron chi connectivity index (χ0n) is 18.1. The van der Waals surface area contributed by atoms with E-state index in [4.69, 9.17) is 15.2 Å². The highest BCUT2D eigenvalue weighted by atomic mass is 16.5. The molecule has 33 heavy (non-hydrogen) atoms. The van der Waals surface area contributed by atoms with Gasteiger partial charge in [-0.15, -0.1) is 4.58 Å². The van der Waals surface area contributed by atoms with Gasteiger partial charge in [0.25, 0.3) is 17.3 Å². The van der Waals surface area contributed by atoms with Crippen LogP contribution in [0.2, 0.25) is 0 Å². The summed E-state index contributed by atoms with van der Waals surface area (Å²) in [7, 11) is 1.57.